The number of carbonyl (C=O) groups excluding carboxylic acids is 1. The van der Waals surface area contributed by atoms with Gasteiger partial charge in [0.1, 0.15) is 0 Å². The Hall–Kier alpha value is -2.87. The molecule has 164 valence electrons. The van der Waals surface area contributed by atoms with Gasteiger partial charge in [0.2, 0.25) is 9.84 Å². The standard InChI is InChI=1S/C16H13F6N3O4S/c17-15(18,19)8-1-3-9(4-2-8)30(28,29)10-5-11(23)13(24-6-10)14(27)25-7-12(26)16(20,21)22/h1-6,12,26H,7,23H2,(H,25,27)/t12-/m1/s1. The second-order valence-electron chi connectivity index (χ2n) is 5.90. The molecule has 4 N–H and O–H groups in total. The quantitative estimate of drug-likeness (QED) is 0.592. The van der Waals surface area contributed by atoms with Gasteiger partial charge in [-0.1, -0.05) is 0 Å². The van der Waals surface area contributed by atoms with Gasteiger partial charge in [-0.3, -0.25) is 4.79 Å². The summed E-state index contributed by atoms with van der Waals surface area (Å²) in [6.45, 7) is -1.19. The van der Waals surface area contributed by atoms with E-state index in [4.69, 9.17) is 10.8 Å². The number of benzene rings is 1. The van der Waals surface area contributed by atoms with Crippen LogP contribution in [0.4, 0.5) is 32.0 Å². The smallest absolute Gasteiger partial charge is 0.397 e. The van der Waals surface area contributed by atoms with Crippen LogP contribution in [0.1, 0.15) is 16.1 Å². The van der Waals surface area contributed by atoms with Gasteiger partial charge in [-0.15, -0.1) is 0 Å². The zero-order valence-corrected chi connectivity index (χ0v) is 15.4. The van der Waals surface area contributed by atoms with Crippen LogP contribution in [-0.4, -0.2) is 43.2 Å². The molecule has 1 atom stereocenters. The number of nitrogen functional groups attached to an aromatic ring is 1. The van der Waals surface area contributed by atoms with Gasteiger partial charge in [0.05, 0.1) is 27.6 Å². The van der Waals surface area contributed by atoms with E-state index < -0.39 is 67.5 Å². The number of nitrogens with zero attached hydrogens (tertiary/aromatic N) is 1. The van der Waals surface area contributed by atoms with Gasteiger partial charge in [0.25, 0.3) is 5.91 Å². The Morgan fingerprint density at radius 3 is 2.13 bits per heavy atom. The molecular weight excluding hydrogens is 444 g/mol. The van der Waals surface area contributed by atoms with E-state index in [1.165, 1.54) is 0 Å². The second-order valence-corrected chi connectivity index (χ2v) is 7.85. The van der Waals surface area contributed by atoms with E-state index in [-0.39, 0.29) is 0 Å². The molecule has 1 aromatic carbocycles. The van der Waals surface area contributed by atoms with Crippen LogP contribution in [-0.2, 0) is 16.0 Å². The molecule has 0 aliphatic carbocycles. The minimum absolute atomic E-state index is 0.498. The number of carbonyl (C=O) groups is 1. The molecule has 0 bridgehead atoms. The number of pyridine rings is 1. The number of aliphatic hydroxyl groups excluding tert-OH is 1. The van der Waals surface area contributed by atoms with Crippen LogP contribution < -0.4 is 11.1 Å². The summed E-state index contributed by atoms with van der Waals surface area (Å²) in [6, 6.07) is 3.38. The normalized spacial score (nSPS) is 13.7. The minimum atomic E-state index is -4.97. The van der Waals surface area contributed by atoms with Crippen molar-refractivity contribution in [3.05, 3.63) is 47.8 Å². The molecule has 0 saturated carbocycles. The van der Waals surface area contributed by atoms with Crippen molar-refractivity contribution in [1.29, 1.82) is 0 Å². The molecule has 1 aromatic heterocycles. The number of hydrogen-bond acceptors (Lipinski definition) is 6. The molecule has 30 heavy (non-hydrogen) atoms. The Morgan fingerprint density at radius 2 is 1.67 bits per heavy atom. The van der Waals surface area contributed by atoms with Gasteiger partial charge in [-0.25, -0.2) is 13.4 Å². The number of aromatic nitrogens is 1. The summed E-state index contributed by atoms with van der Waals surface area (Å²) in [7, 11) is -4.34. The van der Waals surface area contributed by atoms with E-state index in [9.17, 15) is 39.6 Å². The Bertz CT molecular complexity index is 1040. The molecule has 0 unspecified atom stereocenters. The number of nitrogens with one attached hydrogen (secondary N) is 1. The number of alkyl halides is 6. The highest BCUT2D eigenvalue weighted by molar-refractivity contribution is 7.91. The molecule has 7 nitrogen and oxygen atoms in total. The molecule has 2 aromatic rings. The van der Waals surface area contributed by atoms with Crippen LogP contribution >= 0.6 is 0 Å². The van der Waals surface area contributed by atoms with E-state index >= 15 is 0 Å². The highest BCUT2D eigenvalue weighted by atomic mass is 32.2. The van der Waals surface area contributed by atoms with Crippen molar-refractivity contribution in [3.8, 4) is 0 Å². The third-order valence-corrected chi connectivity index (χ3v) is 5.48. The number of anilines is 1. The molecular formula is C16H13F6N3O4S. The lowest BCUT2D eigenvalue weighted by Crippen LogP contribution is -2.41. The first-order valence-electron chi connectivity index (χ1n) is 7.85. The highest BCUT2D eigenvalue weighted by Gasteiger charge is 2.38. The van der Waals surface area contributed by atoms with Crippen LogP contribution in [0.2, 0.25) is 0 Å². The summed E-state index contributed by atoms with van der Waals surface area (Å²) in [5.74, 6) is -1.20. The van der Waals surface area contributed by atoms with Crippen molar-refractivity contribution in [3.63, 3.8) is 0 Å². The van der Waals surface area contributed by atoms with Crippen molar-refractivity contribution in [2.24, 2.45) is 0 Å². The molecule has 1 heterocycles. The van der Waals surface area contributed by atoms with Gasteiger partial charge in [0.15, 0.2) is 11.8 Å². The first kappa shape index (κ1) is 23.4. The van der Waals surface area contributed by atoms with Gasteiger partial charge >= 0.3 is 12.4 Å². The average Bonchev–Trinajstić information content (AvgIpc) is 2.64. The lowest BCUT2D eigenvalue weighted by Gasteiger charge is -2.15. The fraction of sp³-hybridized carbons (Fsp3) is 0.250. The number of amides is 1. The fourth-order valence-electron chi connectivity index (χ4n) is 2.15. The van der Waals surface area contributed by atoms with Gasteiger partial charge < -0.3 is 16.2 Å². The third kappa shape index (κ3) is 5.18. The summed E-state index contributed by atoms with van der Waals surface area (Å²) >= 11 is 0. The molecule has 1 amide bonds. The lowest BCUT2D eigenvalue weighted by molar-refractivity contribution is -0.201. The number of nitrogens with two attached hydrogens (primary N) is 1. The highest BCUT2D eigenvalue weighted by Crippen LogP contribution is 2.31. The number of aliphatic hydroxyl groups is 1. The summed E-state index contributed by atoms with van der Waals surface area (Å²) in [6.07, 6.45) is -11.8. The zero-order chi connectivity index (χ0) is 22.9. The van der Waals surface area contributed by atoms with Gasteiger partial charge in [0, 0.05) is 6.20 Å². The number of rotatable bonds is 5. The molecule has 0 fully saturated rings. The van der Waals surface area contributed by atoms with Crippen LogP contribution in [0, 0.1) is 0 Å². The summed E-state index contributed by atoms with van der Waals surface area (Å²) in [4.78, 5) is 14.3. The monoisotopic (exact) mass is 457 g/mol. The van der Waals surface area contributed by atoms with Crippen LogP contribution in [0.25, 0.3) is 0 Å². The van der Waals surface area contributed by atoms with E-state index in [2.05, 4.69) is 4.98 Å². The lowest BCUT2D eigenvalue weighted by atomic mass is 10.2. The van der Waals surface area contributed by atoms with E-state index in [1.807, 2.05) is 0 Å². The molecule has 2 rings (SSSR count). The zero-order valence-electron chi connectivity index (χ0n) is 14.6. The van der Waals surface area contributed by atoms with Gasteiger partial charge in [-0.05, 0) is 30.3 Å². The average molecular weight is 457 g/mol. The number of halogens is 6. The van der Waals surface area contributed by atoms with Crippen molar-refractivity contribution in [1.82, 2.24) is 10.3 Å². The van der Waals surface area contributed by atoms with E-state index in [0.29, 0.717) is 18.3 Å². The predicted molar refractivity (Wildman–Crippen MR) is 89.9 cm³/mol. The van der Waals surface area contributed by atoms with E-state index in [0.717, 1.165) is 18.2 Å². The summed E-state index contributed by atoms with van der Waals surface area (Å²) < 4.78 is 99.6. The fourth-order valence-corrected chi connectivity index (χ4v) is 3.39. The Kier molecular flexibility index (Phi) is 6.32. The molecule has 0 spiro atoms. The maximum Gasteiger partial charge on any atom is 0.416 e. The Morgan fingerprint density at radius 1 is 1.10 bits per heavy atom. The molecule has 0 aliphatic heterocycles. The van der Waals surface area contributed by atoms with Crippen LogP contribution in [0.5, 0.6) is 0 Å². The largest absolute Gasteiger partial charge is 0.416 e. The first-order chi connectivity index (χ1) is 13.6. The number of sulfone groups is 1. The topological polar surface area (TPSA) is 122 Å². The minimum Gasteiger partial charge on any atom is -0.397 e. The van der Waals surface area contributed by atoms with Crippen LogP contribution in [0.3, 0.4) is 0 Å². The van der Waals surface area contributed by atoms with Gasteiger partial charge in [-0.2, -0.15) is 26.3 Å². The first-order valence-corrected chi connectivity index (χ1v) is 9.33. The molecule has 0 saturated heterocycles. The predicted octanol–water partition coefficient (Wildman–Crippen LogP) is 2.17. The summed E-state index contributed by atoms with van der Waals surface area (Å²) in [5, 5.41) is 10.6. The SMILES string of the molecule is Nc1cc(S(=O)(=O)c2ccc(C(F)(F)F)cc2)cnc1C(=O)NC[C@@H](O)C(F)(F)F. The molecule has 14 heteroatoms. The Balaban J connectivity index is 2.24. The third-order valence-electron chi connectivity index (χ3n) is 3.74. The Labute approximate surface area is 165 Å². The van der Waals surface area contributed by atoms with Crippen molar-refractivity contribution in [2.45, 2.75) is 28.2 Å². The molecule has 0 aliphatic rings. The van der Waals surface area contributed by atoms with Crippen molar-refractivity contribution >= 4 is 21.4 Å². The van der Waals surface area contributed by atoms with Crippen LogP contribution in [0.15, 0.2) is 46.3 Å². The van der Waals surface area contributed by atoms with Crippen molar-refractivity contribution < 1.29 is 44.7 Å². The number of hydrogen-bond donors (Lipinski definition) is 3. The second kappa shape index (κ2) is 8.10. The van der Waals surface area contributed by atoms with Crippen molar-refractivity contribution in [2.75, 3.05) is 12.3 Å². The summed E-state index contributed by atoms with van der Waals surface area (Å²) in [5.41, 5.74) is 3.37. The van der Waals surface area contributed by atoms with E-state index in [1.54, 1.807) is 5.32 Å². The maximum absolute atomic E-state index is 12.6. The molecule has 0 radical (unpaired) electrons. The maximum atomic E-state index is 12.6.